The maximum absolute atomic E-state index is 12.2. The molecule has 1 aromatic rings. The molecule has 2 rings (SSSR count). The summed E-state index contributed by atoms with van der Waals surface area (Å²) < 4.78 is 25.0. The zero-order chi connectivity index (χ0) is 16.3. The molecule has 1 aliphatic rings. The minimum atomic E-state index is -3.16. The van der Waals surface area contributed by atoms with Gasteiger partial charge in [0.15, 0.2) is 0 Å². The van der Waals surface area contributed by atoms with Gasteiger partial charge in [0.2, 0.25) is 21.9 Å². The van der Waals surface area contributed by atoms with E-state index in [1.165, 1.54) is 4.31 Å². The highest BCUT2D eigenvalue weighted by atomic mass is 32.2. The van der Waals surface area contributed by atoms with Crippen molar-refractivity contribution < 1.29 is 13.2 Å². The average molecular weight is 329 g/mol. The number of hydrogen-bond donors (Lipinski definition) is 2. The van der Waals surface area contributed by atoms with Gasteiger partial charge < -0.3 is 0 Å². The monoisotopic (exact) mass is 329 g/mol. The lowest BCUT2D eigenvalue weighted by Crippen LogP contribution is -2.42. The van der Waals surface area contributed by atoms with Crippen LogP contribution in [0.5, 0.6) is 0 Å². The Hall–Kier alpha value is -1.48. The fourth-order valence-corrected chi connectivity index (χ4v) is 3.51. The molecule has 1 aliphatic heterocycles. The van der Waals surface area contributed by atoms with Gasteiger partial charge in [-0.25, -0.2) is 12.7 Å². The molecule has 1 aromatic heterocycles. The summed E-state index contributed by atoms with van der Waals surface area (Å²) in [6.45, 7) is 6.37. The van der Waals surface area contributed by atoms with E-state index in [2.05, 4.69) is 20.5 Å². The molecule has 2 heterocycles. The van der Waals surface area contributed by atoms with Crippen LogP contribution in [0.4, 0.5) is 5.95 Å². The Kier molecular flexibility index (Phi) is 5.17. The van der Waals surface area contributed by atoms with Gasteiger partial charge in [-0.3, -0.25) is 15.2 Å². The molecule has 1 fully saturated rings. The number of aromatic nitrogens is 3. The first-order chi connectivity index (χ1) is 10.3. The number of hydrogen-bond acceptors (Lipinski definition) is 5. The lowest BCUT2D eigenvalue weighted by Gasteiger charge is -2.29. The predicted octanol–water partition coefficient (Wildman–Crippen LogP) is 0.928. The second kappa shape index (κ2) is 6.74. The summed E-state index contributed by atoms with van der Waals surface area (Å²) >= 11 is 0. The molecule has 0 saturated carbocycles. The quantitative estimate of drug-likeness (QED) is 0.835. The van der Waals surface area contributed by atoms with E-state index < -0.39 is 10.0 Å². The fourth-order valence-electron chi connectivity index (χ4n) is 2.38. The van der Waals surface area contributed by atoms with Crippen LogP contribution < -0.4 is 5.32 Å². The standard InChI is InChI=1S/C13H23N5O3S/c1-4-22(20,21)18-7-5-10(6-8-18)12(19)15-13-14-11(9(2)3)16-17-13/h9-10H,4-8H2,1-3H3,(H2,14,15,16,17,19). The van der Waals surface area contributed by atoms with Crippen LogP contribution >= 0.6 is 0 Å². The van der Waals surface area contributed by atoms with Crippen molar-refractivity contribution in [1.29, 1.82) is 0 Å². The molecule has 0 radical (unpaired) electrons. The number of carbonyl (C=O) groups is 1. The van der Waals surface area contributed by atoms with E-state index in [4.69, 9.17) is 0 Å². The smallest absolute Gasteiger partial charge is 0.248 e. The molecule has 0 bridgehead atoms. The van der Waals surface area contributed by atoms with E-state index in [9.17, 15) is 13.2 Å². The number of carbonyl (C=O) groups excluding carboxylic acids is 1. The number of rotatable bonds is 5. The number of sulfonamides is 1. The molecule has 9 heteroatoms. The minimum Gasteiger partial charge on any atom is -0.293 e. The number of nitrogens with zero attached hydrogens (tertiary/aromatic N) is 3. The summed E-state index contributed by atoms with van der Waals surface area (Å²) in [5, 5.41) is 9.44. The Balaban J connectivity index is 1.89. The number of anilines is 1. The zero-order valence-corrected chi connectivity index (χ0v) is 14.0. The molecule has 0 aromatic carbocycles. The van der Waals surface area contributed by atoms with Crippen molar-refractivity contribution in [3.05, 3.63) is 5.82 Å². The number of aromatic amines is 1. The third-order valence-corrected chi connectivity index (χ3v) is 5.75. The Morgan fingerprint density at radius 2 is 2.05 bits per heavy atom. The molecule has 1 saturated heterocycles. The van der Waals surface area contributed by atoms with Crippen molar-refractivity contribution in [3.8, 4) is 0 Å². The van der Waals surface area contributed by atoms with Gasteiger partial charge in [0.25, 0.3) is 0 Å². The molecule has 1 amide bonds. The SMILES string of the molecule is CCS(=O)(=O)N1CCC(C(=O)Nc2n[nH]c(C(C)C)n2)CC1. The minimum absolute atomic E-state index is 0.0963. The Labute approximate surface area is 130 Å². The number of piperidine rings is 1. The van der Waals surface area contributed by atoms with E-state index >= 15 is 0 Å². The highest BCUT2D eigenvalue weighted by Gasteiger charge is 2.30. The summed E-state index contributed by atoms with van der Waals surface area (Å²) in [6, 6.07) is 0. The predicted molar refractivity (Wildman–Crippen MR) is 82.9 cm³/mol. The first-order valence-electron chi connectivity index (χ1n) is 7.54. The number of nitrogens with one attached hydrogen (secondary N) is 2. The molecule has 8 nitrogen and oxygen atoms in total. The topological polar surface area (TPSA) is 108 Å². The Bertz CT molecular complexity index is 617. The molecule has 0 atom stereocenters. The highest BCUT2D eigenvalue weighted by molar-refractivity contribution is 7.89. The molecular weight excluding hydrogens is 306 g/mol. The van der Waals surface area contributed by atoms with Crippen LogP contribution in [0.15, 0.2) is 0 Å². The first-order valence-corrected chi connectivity index (χ1v) is 9.15. The van der Waals surface area contributed by atoms with Gasteiger partial charge >= 0.3 is 0 Å². The highest BCUT2D eigenvalue weighted by Crippen LogP contribution is 2.21. The van der Waals surface area contributed by atoms with Crippen molar-refractivity contribution in [2.75, 3.05) is 24.2 Å². The zero-order valence-electron chi connectivity index (χ0n) is 13.2. The molecule has 0 aliphatic carbocycles. The average Bonchev–Trinajstić information content (AvgIpc) is 2.96. The third-order valence-electron chi connectivity index (χ3n) is 3.87. The van der Waals surface area contributed by atoms with E-state index in [1.807, 2.05) is 13.8 Å². The molecule has 22 heavy (non-hydrogen) atoms. The lowest BCUT2D eigenvalue weighted by atomic mass is 9.97. The Morgan fingerprint density at radius 3 is 2.55 bits per heavy atom. The second-order valence-electron chi connectivity index (χ2n) is 5.76. The molecule has 0 unspecified atom stereocenters. The van der Waals surface area contributed by atoms with Crippen molar-refractivity contribution in [2.24, 2.45) is 5.92 Å². The molecule has 0 spiro atoms. The van der Waals surface area contributed by atoms with Gasteiger partial charge in [-0.15, -0.1) is 5.10 Å². The van der Waals surface area contributed by atoms with Crippen LogP contribution in [0.2, 0.25) is 0 Å². The summed E-state index contributed by atoms with van der Waals surface area (Å²) in [5.74, 6) is 0.947. The van der Waals surface area contributed by atoms with Crippen LogP contribution in [0.3, 0.4) is 0 Å². The van der Waals surface area contributed by atoms with Crippen LogP contribution in [0, 0.1) is 5.92 Å². The summed E-state index contributed by atoms with van der Waals surface area (Å²) in [4.78, 5) is 16.4. The van der Waals surface area contributed by atoms with E-state index in [0.29, 0.717) is 25.9 Å². The third kappa shape index (κ3) is 3.83. The van der Waals surface area contributed by atoms with Gasteiger partial charge in [0.05, 0.1) is 5.75 Å². The largest absolute Gasteiger partial charge is 0.293 e. The lowest BCUT2D eigenvalue weighted by molar-refractivity contribution is -0.121. The summed E-state index contributed by atoms with van der Waals surface area (Å²) in [5.41, 5.74) is 0. The van der Waals surface area contributed by atoms with Crippen LogP contribution in [0.25, 0.3) is 0 Å². The van der Waals surface area contributed by atoms with Gasteiger partial charge in [-0.2, -0.15) is 4.98 Å². The molecular formula is C13H23N5O3S. The van der Waals surface area contributed by atoms with Crippen molar-refractivity contribution >= 4 is 21.9 Å². The molecule has 2 N–H and O–H groups in total. The van der Waals surface area contributed by atoms with Gasteiger partial charge in [-0.1, -0.05) is 13.8 Å². The van der Waals surface area contributed by atoms with Crippen molar-refractivity contribution in [2.45, 2.75) is 39.5 Å². The van der Waals surface area contributed by atoms with Crippen molar-refractivity contribution in [1.82, 2.24) is 19.5 Å². The van der Waals surface area contributed by atoms with Crippen molar-refractivity contribution in [3.63, 3.8) is 0 Å². The van der Waals surface area contributed by atoms with E-state index in [-0.39, 0.29) is 29.4 Å². The normalized spacial score (nSPS) is 17.8. The number of H-pyrrole nitrogens is 1. The van der Waals surface area contributed by atoms with Crippen LogP contribution in [0.1, 0.15) is 45.4 Å². The van der Waals surface area contributed by atoms with E-state index in [1.54, 1.807) is 6.92 Å². The number of amides is 1. The fraction of sp³-hybridized carbons (Fsp3) is 0.769. The maximum Gasteiger partial charge on any atom is 0.248 e. The van der Waals surface area contributed by atoms with E-state index in [0.717, 1.165) is 5.82 Å². The molecule has 124 valence electrons. The van der Waals surface area contributed by atoms with Crippen LogP contribution in [-0.2, 0) is 14.8 Å². The summed E-state index contributed by atoms with van der Waals surface area (Å²) in [7, 11) is -3.16. The van der Waals surface area contributed by atoms with Gasteiger partial charge in [0.1, 0.15) is 5.82 Å². The first kappa shape index (κ1) is 16.9. The van der Waals surface area contributed by atoms with Gasteiger partial charge in [0, 0.05) is 24.9 Å². The second-order valence-corrected chi connectivity index (χ2v) is 8.02. The Morgan fingerprint density at radius 1 is 1.41 bits per heavy atom. The maximum atomic E-state index is 12.2. The summed E-state index contributed by atoms with van der Waals surface area (Å²) in [6.07, 6.45) is 1.04. The van der Waals surface area contributed by atoms with Crippen LogP contribution in [-0.4, -0.2) is 52.7 Å². The van der Waals surface area contributed by atoms with Gasteiger partial charge in [-0.05, 0) is 19.8 Å².